The highest BCUT2D eigenvalue weighted by Gasteiger charge is 2.63. The van der Waals surface area contributed by atoms with Crippen LogP contribution in [0.3, 0.4) is 0 Å². The second-order valence-electron chi connectivity index (χ2n) is 6.50. The summed E-state index contributed by atoms with van der Waals surface area (Å²) in [7, 11) is 0. The number of nitrogens with zero attached hydrogens (tertiary/aromatic N) is 1. The van der Waals surface area contributed by atoms with E-state index in [0.717, 1.165) is 23.8 Å². The van der Waals surface area contributed by atoms with Gasteiger partial charge in [0, 0.05) is 12.3 Å². The first-order chi connectivity index (χ1) is 11.0. The van der Waals surface area contributed by atoms with Gasteiger partial charge < -0.3 is 14.6 Å². The fourth-order valence-corrected chi connectivity index (χ4v) is 2.45. The number of alkyl halides is 1. The second kappa shape index (κ2) is 6.14. The minimum atomic E-state index is -2.37. The molecule has 4 atom stereocenters. The van der Waals surface area contributed by atoms with E-state index in [4.69, 9.17) is 9.47 Å². The minimum Gasteiger partial charge on any atom is -0.463 e. The van der Waals surface area contributed by atoms with Crippen LogP contribution in [0.2, 0.25) is 0 Å². The number of aromatic nitrogens is 2. The van der Waals surface area contributed by atoms with Crippen molar-refractivity contribution in [3.05, 3.63) is 33.1 Å². The van der Waals surface area contributed by atoms with Gasteiger partial charge in [0.25, 0.3) is 5.56 Å². The zero-order valence-electron chi connectivity index (χ0n) is 13.9. The highest BCUT2D eigenvalue weighted by Crippen LogP contribution is 2.47. The molecular weight excluding hydrogens is 323 g/mol. The number of hydrogen-bond acceptors (Lipinski definition) is 6. The smallest absolute Gasteiger partial charge is 0.330 e. The first-order valence-corrected chi connectivity index (χ1v) is 7.53. The summed E-state index contributed by atoms with van der Waals surface area (Å²) >= 11 is 0. The van der Waals surface area contributed by atoms with E-state index >= 15 is 4.39 Å². The molecule has 1 aromatic rings. The number of H-pyrrole nitrogens is 1. The maximum absolute atomic E-state index is 15.2. The largest absolute Gasteiger partial charge is 0.463 e. The van der Waals surface area contributed by atoms with Crippen LogP contribution in [0.15, 0.2) is 21.9 Å². The number of aromatic amines is 1. The second-order valence-corrected chi connectivity index (χ2v) is 6.50. The van der Waals surface area contributed by atoms with E-state index in [2.05, 4.69) is 0 Å². The maximum atomic E-state index is 15.2. The molecule has 0 aromatic carbocycles. The molecule has 134 valence electrons. The third kappa shape index (κ3) is 3.01. The molecule has 24 heavy (non-hydrogen) atoms. The van der Waals surface area contributed by atoms with Gasteiger partial charge in [-0.05, 0) is 13.8 Å². The van der Waals surface area contributed by atoms with E-state index in [1.807, 2.05) is 4.98 Å². The first-order valence-electron chi connectivity index (χ1n) is 7.53. The Labute approximate surface area is 137 Å². The summed E-state index contributed by atoms with van der Waals surface area (Å²) in [5, 5.41) is 10.5. The summed E-state index contributed by atoms with van der Waals surface area (Å²) in [6, 6.07) is 1.04. The average molecular weight is 344 g/mol. The molecule has 0 aliphatic carbocycles. The van der Waals surface area contributed by atoms with E-state index in [1.54, 1.807) is 13.8 Å². The Bertz CT molecular complexity index is 736. The van der Waals surface area contributed by atoms with E-state index in [-0.39, 0.29) is 12.5 Å². The van der Waals surface area contributed by atoms with Crippen molar-refractivity contribution in [3.63, 3.8) is 0 Å². The lowest BCUT2D eigenvalue weighted by molar-refractivity contribution is -0.157. The number of carbonyl (C=O) groups is 1. The van der Waals surface area contributed by atoms with Gasteiger partial charge in [-0.15, -0.1) is 0 Å². The molecular formula is C15H21FN2O6. The molecule has 0 spiro atoms. The normalized spacial score (nSPS) is 33.0. The zero-order valence-corrected chi connectivity index (χ0v) is 13.9. The molecule has 8 nitrogen and oxygen atoms in total. The van der Waals surface area contributed by atoms with Gasteiger partial charge in [0.15, 0.2) is 11.9 Å². The Morgan fingerprint density at radius 3 is 2.67 bits per heavy atom. The van der Waals surface area contributed by atoms with Crippen molar-refractivity contribution < 1.29 is 23.8 Å². The molecule has 1 aromatic heterocycles. The predicted octanol–water partition coefficient (Wildman–Crippen LogP) is 0.112. The number of aliphatic hydroxyl groups is 1. The van der Waals surface area contributed by atoms with E-state index in [9.17, 15) is 19.5 Å². The summed E-state index contributed by atoms with van der Waals surface area (Å²) in [6.07, 6.45) is -1.58. The third-order valence-electron chi connectivity index (χ3n) is 4.33. The molecule has 2 N–H and O–H groups in total. The molecule has 0 radical (unpaired) electrons. The Balaban J connectivity index is 2.30. The molecule has 1 fully saturated rings. The Hall–Kier alpha value is -2.00. The Kier molecular flexibility index (Phi) is 4.69. The van der Waals surface area contributed by atoms with Gasteiger partial charge in [-0.25, -0.2) is 9.18 Å². The number of rotatable bonds is 4. The van der Waals surface area contributed by atoms with Gasteiger partial charge >= 0.3 is 11.7 Å². The summed E-state index contributed by atoms with van der Waals surface area (Å²) in [6.45, 7) is 5.20. The summed E-state index contributed by atoms with van der Waals surface area (Å²) in [5.41, 5.74) is -5.90. The number of halogens is 1. The maximum Gasteiger partial charge on any atom is 0.330 e. The average Bonchev–Trinajstić information content (AvgIpc) is 2.63. The van der Waals surface area contributed by atoms with Gasteiger partial charge in [0.05, 0.1) is 5.92 Å². The molecule has 1 saturated heterocycles. The summed E-state index contributed by atoms with van der Waals surface area (Å²) in [5.74, 6) is -0.898. The standard InChI is InChI=1S/C15H21FN2O6/c1-8(2)11(20)23-7-9-15(4,22)14(3,16)12(24-9)18-6-5-10(19)17-13(18)21/h5-6,8-9,12,22H,7H2,1-4H3,(H,17,19,21)/t9-,12+,14+,15-/m1/s1. The molecule has 0 saturated carbocycles. The van der Waals surface area contributed by atoms with Crippen molar-refractivity contribution in [3.8, 4) is 0 Å². The molecule has 1 aliphatic rings. The van der Waals surface area contributed by atoms with Gasteiger partial charge in [-0.3, -0.25) is 19.1 Å². The quantitative estimate of drug-likeness (QED) is 0.750. The fraction of sp³-hybridized carbons (Fsp3) is 0.667. The van der Waals surface area contributed by atoms with Crippen LogP contribution in [0.4, 0.5) is 4.39 Å². The molecule has 2 rings (SSSR count). The Morgan fingerprint density at radius 2 is 2.12 bits per heavy atom. The lowest BCUT2D eigenvalue weighted by Crippen LogP contribution is -2.53. The van der Waals surface area contributed by atoms with Crippen LogP contribution in [0.1, 0.15) is 33.9 Å². The molecule has 1 aliphatic heterocycles. The molecule has 0 amide bonds. The van der Waals surface area contributed by atoms with Crippen LogP contribution >= 0.6 is 0 Å². The predicted molar refractivity (Wildman–Crippen MR) is 81.2 cm³/mol. The highest BCUT2D eigenvalue weighted by atomic mass is 19.1. The highest BCUT2D eigenvalue weighted by molar-refractivity contribution is 5.71. The summed E-state index contributed by atoms with van der Waals surface area (Å²) in [4.78, 5) is 36.6. The molecule has 0 bridgehead atoms. The van der Waals surface area contributed by atoms with E-state index < -0.39 is 40.8 Å². The number of hydrogen-bond donors (Lipinski definition) is 2. The molecule has 2 heterocycles. The zero-order chi connectivity index (χ0) is 18.3. The van der Waals surface area contributed by atoms with Crippen molar-refractivity contribution in [2.24, 2.45) is 5.92 Å². The Morgan fingerprint density at radius 1 is 1.50 bits per heavy atom. The van der Waals surface area contributed by atoms with Crippen LogP contribution < -0.4 is 11.2 Å². The first kappa shape index (κ1) is 18.3. The van der Waals surface area contributed by atoms with E-state index in [1.165, 1.54) is 6.92 Å². The molecule has 9 heteroatoms. The van der Waals surface area contributed by atoms with Crippen LogP contribution in [-0.2, 0) is 14.3 Å². The minimum absolute atomic E-state index is 0.363. The summed E-state index contributed by atoms with van der Waals surface area (Å²) < 4.78 is 26.5. The van der Waals surface area contributed by atoms with Crippen LogP contribution in [0.25, 0.3) is 0 Å². The molecule has 0 unspecified atom stereocenters. The third-order valence-corrected chi connectivity index (χ3v) is 4.33. The number of nitrogens with one attached hydrogen (secondary N) is 1. The lowest BCUT2D eigenvalue weighted by Gasteiger charge is -2.33. The lowest BCUT2D eigenvalue weighted by atomic mass is 9.84. The van der Waals surface area contributed by atoms with Crippen molar-refractivity contribution in [2.75, 3.05) is 6.61 Å². The van der Waals surface area contributed by atoms with Crippen LogP contribution in [-0.4, -0.2) is 44.6 Å². The topological polar surface area (TPSA) is 111 Å². The van der Waals surface area contributed by atoms with Gasteiger partial charge in [0.1, 0.15) is 18.3 Å². The fourth-order valence-electron chi connectivity index (χ4n) is 2.45. The number of ether oxygens (including phenoxy) is 2. The van der Waals surface area contributed by atoms with Gasteiger partial charge in [0.2, 0.25) is 0 Å². The van der Waals surface area contributed by atoms with Crippen molar-refractivity contribution in [2.45, 2.75) is 51.3 Å². The van der Waals surface area contributed by atoms with E-state index in [0.29, 0.717) is 0 Å². The van der Waals surface area contributed by atoms with Crippen LogP contribution in [0, 0.1) is 5.92 Å². The van der Waals surface area contributed by atoms with Crippen molar-refractivity contribution >= 4 is 5.97 Å². The van der Waals surface area contributed by atoms with Gasteiger partial charge in [-0.1, -0.05) is 13.8 Å². The van der Waals surface area contributed by atoms with Crippen LogP contribution in [0.5, 0.6) is 0 Å². The van der Waals surface area contributed by atoms with Crippen molar-refractivity contribution in [1.29, 1.82) is 0 Å². The monoisotopic (exact) mass is 344 g/mol. The van der Waals surface area contributed by atoms with Gasteiger partial charge in [-0.2, -0.15) is 0 Å². The number of esters is 1. The number of carbonyl (C=O) groups excluding carboxylic acids is 1. The SMILES string of the molecule is CC(C)C(=O)OC[C@H]1O[C@H](n2ccc(=O)[nH]c2=O)[C@](C)(F)[C@]1(C)O. The van der Waals surface area contributed by atoms with Crippen molar-refractivity contribution in [1.82, 2.24) is 9.55 Å².